The lowest BCUT2D eigenvalue weighted by atomic mass is 10.2. The van der Waals surface area contributed by atoms with Gasteiger partial charge in [0.1, 0.15) is 5.40 Å². The van der Waals surface area contributed by atoms with Crippen LogP contribution in [0.25, 0.3) is 0 Å². The van der Waals surface area contributed by atoms with E-state index in [1.807, 2.05) is 19.2 Å². The Kier molecular flexibility index (Phi) is 7.72. The number of amides is 1. The maximum Gasteiger partial charge on any atom is 0.338 e. The van der Waals surface area contributed by atoms with Gasteiger partial charge in [-0.25, -0.2) is 4.79 Å². The van der Waals surface area contributed by atoms with Gasteiger partial charge in [0.2, 0.25) is 0 Å². The number of thioether (sulfide) groups is 1. The second-order valence-electron chi connectivity index (χ2n) is 5.59. The third-order valence-electron chi connectivity index (χ3n) is 3.67. The first kappa shape index (κ1) is 21.1. The Balaban J connectivity index is 1.95. The summed E-state index contributed by atoms with van der Waals surface area (Å²) in [4.78, 5) is 25.1. The van der Waals surface area contributed by atoms with E-state index in [-0.39, 0.29) is 5.56 Å². The normalized spacial score (nSPS) is 9.93. The number of carbonyl (C=O) groups excluding carboxylic acids is 2. The summed E-state index contributed by atoms with van der Waals surface area (Å²) < 4.78 is 15.7. The van der Waals surface area contributed by atoms with Crippen LogP contribution in [0.1, 0.15) is 22.8 Å². The highest BCUT2D eigenvalue weighted by Gasteiger charge is 2.14. The lowest BCUT2D eigenvalue weighted by Gasteiger charge is -2.11. The van der Waals surface area contributed by atoms with E-state index in [1.165, 1.54) is 13.2 Å². The molecule has 0 heterocycles. The summed E-state index contributed by atoms with van der Waals surface area (Å²) in [5.41, 5.74) is 1.64. The van der Waals surface area contributed by atoms with Crippen LogP contribution in [0.4, 0.5) is 5.69 Å². The fourth-order valence-corrected chi connectivity index (χ4v) is 2.84. The van der Waals surface area contributed by atoms with Crippen molar-refractivity contribution in [3.8, 4) is 16.9 Å². The number of aryl methyl sites for hydroxylation is 1. The summed E-state index contributed by atoms with van der Waals surface area (Å²) in [5, 5.41) is 13.4. The van der Waals surface area contributed by atoms with Gasteiger partial charge in [-0.05, 0) is 67.6 Å². The molecule has 28 heavy (non-hydrogen) atoms. The minimum absolute atomic E-state index is 0.252. The minimum atomic E-state index is -0.644. The first-order valence-corrected chi connectivity index (χ1v) is 9.24. The molecule has 0 spiro atoms. The highest BCUT2D eigenvalue weighted by Crippen LogP contribution is 2.28. The molecular formula is C20H20N2O5S. The summed E-state index contributed by atoms with van der Waals surface area (Å²) >= 11 is 1.04. The molecule has 0 unspecified atom stereocenters. The van der Waals surface area contributed by atoms with Crippen LogP contribution in [-0.4, -0.2) is 32.2 Å². The Morgan fingerprint density at radius 2 is 1.96 bits per heavy atom. The zero-order chi connectivity index (χ0) is 20.5. The van der Waals surface area contributed by atoms with E-state index in [0.717, 1.165) is 22.2 Å². The number of nitriles is 1. The molecule has 1 N–H and O–H groups in total. The number of nitrogens with one attached hydrogen (secondary N) is 1. The van der Waals surface area contributed by atoms with Gasteiger partial charge >= 0.3 is 5.97 Å². The fraction of sp³-hybridized carbons (Fsp3) is 0.250. The predicted octanol–water partition coefficient (Wildman–Crippen LogP) is 3.77. The molecule has 0 radical (unpaired) electrons. The zero-order valence-corrected chi connectivity index (χ0v) is 16.6. The van der Waals surface area contributed by atoms with E-state index in [1.54, 1.807) is 30.3 Å². The quantitative estimate of drug-likeness (QED) is 0.409. The smallest absolute Gasteiger partial charge is 0.338 e. The summed E-state index contributed by atoms with van der Waals surface area (Å²) in [6, 6.07) is 9.89. The van der Waals surface area contributed by atoms with E-state index in [9.17, 15) is 9.59 Å². The van der Waals surface area contributed by atoms with Gasteiger partial charge in [0, 0.05) is 10.6 Å². The van der Waals surface area contributed by atoms with Gasteiger partial charge in [0.25, 0.3) is 5.91 Å². The Hall–Kier alpha value is -3.18. The number of hydrogen-bond acceptors (Lipinski definition) is 7. The molecule has 0 fully saturated rings. The number of carbonyl (C=O) groups is 2. The summed E-state index contributed by atoms with van der Waals surface area (Å²) in [5.74, 6) is -0.177. The van der Waals surface area contributed by atoms with Crippen molar-refractivity contribution in [3.63, 3.8) is 0 Å². The lowest BCUT2D eigenvalue weighted by Crippen LogP contribution is -2.21. The van der Waals surface area contributed by atoms with E-state index >= 15 is 0 Å². The number of hydrogen-bond donors (Lipinski definition) is 1. The van der Waals surface area contributed by atoms with Crippen molar-refractivity contribution < 1.29 is 23.8 Å². The molecule has 1 amide bonds. The highest BCUT2D eigenvalue weighted by atomic mass is 32.2. The largest absolute Gasteiger partial charge is 0.493 e. The van der Waals surface area contributed by atoms with Crippen LogP contribution >= 0.6 is 11.8 Å². The first-order valence-electron chi connectivity index (χ1n) is 8.42. The molecule has 0 aliphatic rings. The summed E-state index contributed by atoms with van der Waals surface area (Å²) in [6.07, 6.45) is 0. The van der Waals surface area contributed by atoms with Gasteiger partial charge in [0.15, 0.2) is 18.1 Å². The van der Waals surface area contributed by atoms with Crippen LogP contribution in [0.3, 0.4) is 0 Å². The second-order valence-corrected chi connectivity index (χ2v) is 6.45. The molecule has 0 aliphatic heterocycles. The molecule has 2 aromatic carbocycles. The van der Waals surface area contributed by atoms with Crippen molar-refractivity contribution in [2.24, 2.45) is 0 Å². The van der Waals surface area contributed by atoms with Crippen LogP contribution in [0.5, 0.6) is 11.5 Å². The molecule has 0 saturated heterocycles. The van der Waals surface area contributed by atoms with E-state index in [0.29, 0.717) is 23.8 Å². The third kappa shape index (κ3) is 5.66. The second kappa shape index (κ2) is 10.2. The number of thiocyanates is 1. The van der Waals surface area contributed by atoms with Crippen LogP contribution in [0.2, 0.25) is 0 Å². The molecule has 0 aromatic heterocycles. The van der Waals surface area contributed by atoms with Crippen LogP contribution in [0.15, 0.2) is 41.3 Å². The predicted molar refractivity (Wildman–Crippen MR) is 106 cm³/mol. The molecule has 146 valence electrons. The summed E-state index contributed by atoms with van der Waals surface area (Å²) in [6.45, 7) is 3.70. The van der Waals surface area contributed by atoms with Gasteiger partial charge in [-0.1, -0.05) is 0 Å². The van der Waals surface area contributed by atoms with Crippen molar-refractivity contribution >= 4 is 29.3 Å². The van der Waals surface area contributed by atoms with Crippen molar-refractivity contribution in [3.05, 3.63) is 47.5 Å². The van der Waals surface area contributed by atoms with Gasteiger partial charge in [0.05, 0.1) is 19.3 Å². The third-order valence-corrected chi connectivity index (χ3v) is 4.25. The number of benzene rings is 2. The van der Waals surface area contributed by atoms with Crippen molar-refractivity contribution in [1.82, 2.24) is 0 Å². The van der Waals surface area contributed by atoms with Crippen LogP contribution in [0, 0.1) is 17.6 Å². The van der Waals surface area contributed by atoms with Gasteiger partial charge in [-0.3, -0.25) is 4.79 Å². The zero-order valence-electron chi connectivity index (χ0n) is 15.8. The number of anilines is 1. The molecule has 0 aliphatic carbocycles. The van der Waals surface area contributed by atoms with Gasteiger partial charge in [-0.2, -0.15) is 5.26 Å². The van der Waals surface area contributed by atoms with Crippen molar-refractivity contribution in [2.45, 2.75) is 18.7 Å². The van der Waals surface area contributed by atoms with Crippen LogP contribution < -0.4 is 14.8 Å². The topological polar surface area (TPSA) is 97.6 Å². The Bertz CT molecular complexity index is 908. The van der Waals surface area contributed by atoms with E-state index in [4.69, 9.17) is 19.5 Å². The van der Waals surface area contributed by atoms with Gasteiger partial charge < -0.3 is 19.5 Å². The van der Waals surface area contributed by atoms with Gasteiger partial charge in [-0.15, -0.1) is 0 Å². The molecule has 0 bridgehead atoms. The van der Waals surface area contributed by atoms with E-state index in [2.05, 4.69) is 5.32 Å². The molecule has 0 saturated carbocycles. The van der Waals surface area contributed by atoms with E-state index < -0.39 is 18.5 Å². The Morgan fingerprint density at radius 3 is 2.61 bits per heavy atom. The maximum absolute atomic E-state index is 12.2. The number of ether oxygens (including phenoxy) is 3. The number of methoxy groups -OCH3 is 1. The molecule has 8 heteroatoms. The lowest BCUT2D eigenvalue weighted by molar-refractivity contribution is -0.119. The maximum atomic E-state index is 12.2. The monoisotopic (exact) mass is 400 g/mol. The molecule has 0 atom stereocenters. The molecule has 2 aromatic rings. The SMILES string of the molecule is CCOc1ccc(C(=O)OCC(=O)Nc2ccc(SC#N)cc2C)cc1OC. The fourth-order valence-electron chi connectivity index (χ4n) is 2.36. The summed E-state index contributed by atoms with van der Waals surface area (Å²) in [7, 11) is 1.48. The minimum Gasteiger partial charge on any atom is -0.493 e. The number of esters is 1. The van der Waals surface area contributed by atoms with Crippen molar-refractivity contribution in [1.29, 1.82) is 5.26 Å². The average molecular weight is 400 g/mol. The number of rotatable bonds is 8. The molecular weight excluding hydrogens is 380 g/mol. The first-order chi connectivity index (χ1) is 13.5. The molecule has 7 nitrogen and oxygen atoms in total. The highest BCUT2D eigenvalue weighted by molar-refractivity contribution is 8.03. The standard InChI is InChI=1S/C20H20N2O5S/c1-4-26-17-8-5-14(10-18(17)25-3)20(24)27-11-19(23)22-16-7-6-15(28-12-21)9-13(16)2/h5-10H,4,11H2,1-3H3,(H,22,23). The average Bonchev–Trinajstić information content (AvgIpc) is 2.69. The van der Waals surface area contributed by atoms with Crippen molar-refractivity contribution in [2.75, 3.05) is 25.6 Å². The Labute approximate surface area is 167 Å². The number of nitrogens with zero attached hydrogens (tertiary/aromatic N) is 1. The Morgan fingerprint density at radius 1 is 1.18 bits per heavy atom. The molecule has 2 rings (SSSR count). The van der Waals surface area contributed by atoms with Crippen LogP contribution in [-0.2, 0) is 9.53 Å².